The van der Waals surface area contributed by atoms with Crippen molar-refractivity contribution in [1.29, 1.82) is 0 Å². The third-order valence-corrected chi connectivity index (χ3v) is 7.08. The minimum absolute atomic E-state index is 1.03. The van der Waals surface area contributed by atoms with Crippen LogP contribution in [0.3, 0.4) is 0 Å². The molecule has 1 heterocycles. The number of benzene rings is 6. The molecule has 0 spiro atoms. The smallest absolute Gasteiger partial charge is 0.0792 e. The lowest BCUT2D eigenvalue weighted by molar-refractivity contribution is 1.42. The van der Waals surface area contributed by atoms with Crippen molar-refractivity contribution in [2.45, 2.75) is 0 Å². The van der Waals surface area contributed by atoms with Gasteiger partial charge >= 0.3 is 0 Å². The van der Waals surface area contributed by atoms with E-state index in [1.165, 1.54) is 60.3 Å². The van der Waals surface area contributed by atoms with Crippen molar-refractivity contribution >= 4 is 32.4 Å². The molecule has 0 aliphatic rings. The number of hydrogen-bond donors (Lipinski definition) is 0. The van der Waals surface area contributed by atoms with Crippen LogP contribution in [0.5, 0.6) is 0 Å². The van der Waals surface area contributed by atoms with Crippen molar-refractivity contribution in [3.05, 3.63) is 140 Å². The topological polar surface area (TPSA) is 12.9 Å². The van der Waals surface area contributed by atoms with Gasteiger partial charge in [0, 0.05) is 17.1 Å². The normalized spacial score (nSPS) is 11.3. The Morgan fingerprint density at radius 3 is 1.61 bits per heavy atom. The van der Waals surface area contributed by atoms with E-state index in [4.69, 9.17) is 4.98 Å². The van der Waals surface area contributed by atoms with E-state index in [2.05, 4.69) is 133 Å². The van der Waals surface area contributed by atoms with E-state index < -0.39 is 0 Å². The fraction of sp³-hybridized carbons (Fsp3) is 0. The maximum Gasteiger partial charge on any atom is 0.0792 e. The van der Waals surface area contributed by atoms with E-state index >= 15 is 0 Å². The molecule has 0 unspecified atom stereocenters. The zero-order valence-corrected chi connectivity index (χ0v) is 19.7. The molecular weight excluding hydrogens is 434 g/mol. The standard InChI is InChI=1S/C35H23N/c1-3-12-24(13-4-1)31-22-26-16-7-8-17-27(26)23-32(31)34-29-19-10-9-18-28(29)33(25-14-5-2-6-15-25)35-30(34)20-11-21-36-35/h1-23H. The Balaban J connectivity index is 1.68. The number of nitrogens with zero attached hydrogens (tertiary/aromatic N) is 1. The van der Waals surface area contributed by atoms with Crippen LogP contribution in [0, 0.1) is 0 Å². The second-order valence-corrected chi connectivity index (χ2v) is 9.17. The van der Waals surface area contributed by atoms with Crippen LogP contribution in [0.25, 0.3) is 65.8 Å². The number of fused-ring (bicyclic) bond motifs is 3. The van der Waals surface area contributed by atoms with Crippen LogP contribution in [0.4, 0.5) is 0 Å². The Bertz CT molecular complexity index is 1810. The second-order valence-electron chi connectivity index (χ2n) is 9.17. The van der Waals surface area contributed by atoms with Crippen LogP contribution >= 0.6 is 0 Å². The molecule has 168 valence electrons. The van der Waals surface area contributed by atoms with Gasteiger partial charge in [0.05, 0.1) is 5.52 Å². The molecule has 0 amide bonds. The first-order chi connectivity index (χ1) is 17.9. The molecule has 0 fully saturated rings. The van der Waals surface area contributed by atoms with E-state index in [1.807, 2.05) is 6.20 Å². The van der Waals surface area contributed by atoms with Crippen molar-refractivity contribution in [3.63, 3.8) is 0 Å². The van der Waals surface area contributed by atoms with Crippen molar-refractivity contribution in [3.8, 4) is 33.4 Å². The Hall–Kier alpha value is -4.75. The third kappa shape index (κ3) is 3.29. The molecule has 0 aliphatic carbocycles. The maximum atomic E-state index is 4.96. The molecule has 7 rings (SSSR count). The predicted octanol–water partition coefficient (Wildman–Crippen LogP) is 9.54. The van der Waals surface area contributed by atoms with Gasteiger partial charge in [-0.1, -0.05) is 115 Å². The van der Waals surface area contributed by atoms with Crippen LogP contribution in [-0.4, -0.2) is 4.98 Å². The van der Waals surface area contributed by atoms with Crippen LogP contribution in [0.2, 0.25) is 0 Å². The summed E-state index contributed by atoms with van der Waals surface area (Å²) in [5.74, 6) is 0. The Morgan fingerprint density at radius 1 is 0.389 bits per heavy atom. The molecule has 0 radical (unpaired) electrons. The zero-order chi connectivity index (χ0) is 23.9. The van der Waals surface area contributed by atoms with Gasteiger partial charge in [0.2, 0.25) is 0 Å². The van der Waals surface area contributed by atoms with E-state index in [1.54, 1.807) is 0 Å². The first-order valence-corrected chi connectivity index (χ1v) is 12.3. The summed E-state index contributed by atoms with van der Waals surface area (Å²) in [6.45, 7) is 0. The summed E-state index contributed by atoms with van der Waals surface area (Å²) < 4.78 is 0. The van der Waals surface area contributed by atoms with Crippen LogP contribution < -0.4 is 0 Å². The van der Waals surface area contributed by atoms with Crippen molar-refractivity contribution < 1.29 is 0 Å². The summed E-state index contributed by atoms with van der Waals surface area (Å²) in [7, 11) is 0. The van der Waals surface area contributed by atoms with Gasteiger partial charge in [-0.25, -0.2) is 0 Å². The summed E-state index contributed by atoms with van der Waals surface area (Å²) in [4.78, 5) is 4.96. The van der Waals surface area contributed by atoms with Gasteiger partial charge in [0.25, 0.3) is 0 Å². The molecule has 6 aromatic carbocycles. The number of aromatic nitrogens is 1. The second kappa shape index (κ2) is 8.48. The first-order valence-electron chi connectivity index (χ1n) is 12.3. The SMILES string of the molecule is c1ccc(-c2cc3ccccc3cc2-c2c3ccccc3c(-c3ccccc3)c3ncccc23)cc1. The molecule has 0 aliphatic heterocycles. The van der Waals surface area contributed by atoms with Crippen LogP contribution in [0.1, 0.15) is 0 Å². The molecule has 0 saturated carbocycles. The average molecular weight is 458 g/mol. The first kappa shape index (κ1) is 20.6. The summed E-state index contributed by atoms with van der Waals surface area (Å²) in [5.41, 5.74) is 8.32. The molecule has 7 aromatic rings. The van der Waals surface area contributed by atoms with E-state index in [0.29, 0.717) is 0 Å². The van der Waals surface area contributed by atoms with Crippen molar-refractivity contribution in [2.75, 3.05) is 0 Å². The molecule has 1 nitrogen and oxygen atoms in total. The minimum Gasteiger partial charge on any atom is -0.256 e. The Kier molecular flexibility index (Phi) is 4.85. The Morgan fingerprint density at radius 2 is 0.917 bits per heavy atom. The highest BCUT2D eigenvalue weighted by Gasteiger charge is 2.20. The summed E-state index contributed by atoms with van der Waals surface area (Å²) in [6, 6.07) is 47.7. The lowest BCUT2D eigenvalue weighted by Gasteiger charge is -2.19. The lowest BCUT2D eigenvalue weighted by Crippen LogP contribution is -1.94. The predicted molar refractivity (Wildman–Crippen MR) is 153 cm³/mol. The molecule has 0 bridgehead atoms. The monoisotopic (exact) mass is 457 g/mol. The van der Waals surface area contributed by atoms with Crippen molar-refractivity contribution in [1.82, 2.24) is 4.98 Å². The van der Waals surface area contributed by atoms with E-state index in [0.717, 1.165) is 5.52 Å². The van der Waals surface area contributed by atoms with E-state index in [9.17, 15) is 0 Å². The molecule has 0 atom stereocenters. The van der Waals surface area contributed by atoms with E-state index in [-0.39, 0.29) is 0 Å². The van der Waals surface area contributed by atoms with Crippen LogP contribution in [0.15, 0.2) is 140 Å². The van der Waals surface area contributed by atoms with Gasteiger partial charge in [0.15, 0.2) is 0 Å². The highest BCUT2D eigenvalue weighted by Crippen LogP contribution is 2.46. The summed E-state index contributed by atoms with van der Waals surface area (Å²) in [5, 5.41) is 6.11. The number of rotatable bonds is 3. The zero-order valence-electron chi connectivity index (χ0n) is 19.7. The maximum absolute atomic E-state index is 4.96. The van der Waals surface area contributed by atoms with Gasteiger partial charge in [-0.15, -0.1) is 0 Å². The lowest BCUT2D eigenvalue weighted by atomic mass is 9.84. The van der Waals surface area contributed by atoms with Gasteiger partial charge in [-0.05, 0) is 67.6 Å². The molecule has 1 aromatic heterocycles. The van der Waals surface area contributed by atoms with Gasteiger partial charge in [0.1, 0.15) is 0 Å². The average Bonchev–Trinajstić information content (AvgIpc) is 2.96. The minimum atomic E-state index is 1.03. The molecular formula is C35H23N. The number of hydrogen-bond acceptors (Lipinski definition) is 1. The van der Waals surface area contributed by atoms with Gasteiger partial charge in [-0.2, -0.15) is 0 Å². The molecule has 0 N–H and O–H groups in total. The quantitative estimate of drug-likeness (QED) is 0.241. The largest absolute Gasteiger partial charge is 0.256 e. The summed E-state index contributed by atoms with van der Waals surface area (Å²) in [6.07, 6.45) is 1.91. The van der Waals surface area contributed by atoms with Gasteiger partial charge in [-0.3, -0.25) is 4.98 Å². The van der Waals surface area contributed by atoms with Gasteiger partial charge < -0.3 is 0 Å². The fourth-order valence-electron chi connectivity index (χ4n) is 5.49. The molecule has 1 heteroatoms. The van der Waals surface area contributed by atoms with Crippen LogP contribution in [-0.2, 0) is 0 Å². The number of pyridine rings is 1. The summed E-state index contributed by atoms with van der Waals surface area (Å²) >= 11 is 0. The fourth-order valence-corrected chi connectivity index (χ4v) is 5.49. The highest BCUT2D eigenvalue weighted by molar-refractivity contribution is 6.22. The van der Waals surface area contributed by atoms with Crippen molar-refractivity contribution in [2.24, 2.45) is 0 Å². The molecule has 0 saturated heterocycles. The molecule has 36 heavy (non-hydrogen) atoms. The Labute approximate surface area is 210 Å². The highest BCUT2D eigenvalue weighted by atomic mass is 14.7. The third-order valence-electron chi connectivity index (χ3n) is 7.08.